The first-order valence-corrected chi connectivity index (χ1v) is 9.24. The average molecular weight is 370 g/mol. The second kappa shape index (κ2) is 7.04. The zero-order valence-corrected chi connectivity index (χ0v) is 15.3. The van der Waals surface area contributed by atoms with Crippen LogP contribution in [0.2, 0.25) is 5.15 Å². The molecule has 0 radical (unpaired) electrons. The number of aromatic nitrogens is 1. The Balaban J connectivity index is 1.72. The van der Waals surface area contributed by atoms with E-state index in [2.05, 4.69) is 0 Å². The van der Waals surface area contributed by atoms with E-state index in [0.29, 0.717) is 35.6 Å². The van der Waals surface area contributed by atoms with Crippen molar-refractivity contribution in [1.29, 1.82) is 0 Å². The molecule has 1 saturated carbocycles. The van der Waals surface area contributed by atoms with Crippen LogP contribution >= 0.6 is 11.6 Å². The third-order valence-electron chi connectivity index (χ3n) is 4.59. The van der Waals surface area contributed by atoms with E-state index >= 15 is 0 Å². The minimum absolute atomic E-state index is 0.314. The molecule has 1 aliphatic rings. The fourth-order valence-electron chi connectivity index (χ4n) is 3.16. The highest BCUT2D eigenvalue weighted by Gasteiger charge is 2.30. The van der Waals surface area contributed by atoms with Crippen LogP contribution in [-0.4, -0.2) is 17.0 Å². The monoisotopic (exact) mass is 369 g/mol. The van der Waals surface area contributed by atoms with E-state index in [-0.39, 0.29) is 5.97 Å². The van der Waals surface area contributed by atoms with Crippen LogP contribution in [0.1, 0.15) is 47.3 Å². The van der Waals surface area contributed by atoms with Crippen LogP contribution in [-0.2, 0) is 11.3 Å². The highest BCUT2D eigenvalue weighted by Crippen LogP contribution is 2.43. The van der Waals surface area contributed by atoms with E-state index in [9.17, 15) is 4.79 Å². The zero-order chi connectivity index (χ0) is 18.1. The number of benzene rings is 1. The van der Waals surface area contributed by atoms with Gasteiger partial charge in [-0.15, -0.1) is 0 Å². The van der Waals surface area contributed by atoms with Crippen LogP contribution in [0.5, 0.6) is 5.75 Å². The van der Waals surface area contributed by atoms with Crippen molar-refractivity contribution < 1.29 is 14.3 Å². The molecule has 134 valence electrons. The maximum Gasteiger partial charge on any atom is 0.340 e. The molecule has 0 amide bonds. The lowest BCUT2D eigenvalue weighted by Crippen LogP contribution is -2.04. The summed E-state index contributed by atoms with van der Waals surface area (Å²) in [4.78, 5) is 12.3. The number of hydrogen-bond donors (Lipinski definition) is 0. The molecule has 26 heavy (non-hydrogen) atoms. The molecule has 4 nitrogen and oxygen atoms in total. The number of fused-ring (bicyclic) bond motifs is 1. The molecule has 0 unspecified atom stereocenters. The van der Waals surface area contributed by atoms with E-state index < -0.39 is 0 Å². The number of halogens is 1. The van der Waals surface area contributed by atoms with Crippen molar-refractivity contribution >= 4 is 23.1 Å². The van der Waals surface area contributed by atoms with E-state index in [1.54, 1.807) is 6.92 Å². The molecule has 1 aliphatic carbocycles. The first-order valence-electron chi connectivity index (χ1n) is 8.86. The summed E-state index contributed by atoms with van der Waals surface area (Å²) in [5.74, 6) is 0.731. The van der Waals surface area contributed by atoms with Crippen LogP contribution < -0.4 is 4.74 Å². The van der Waals surface area contributed by atoms with Gasteiger partial charge in [-0.25, -0.2) is 4.79 Å². The van der Waals surface area contributed by atoms with Gasteiger partial charge in [-0.2, -0.15) is 0 Å². The SMILES string of the molecule is CCOC(=O)c1cc(C2CC2)n2c(Cl)c(OCc3ccccc3)ccc12. The molecule has 1 aromatic carbocycles. The first kappa shape index (κ1) is 17.0. The highest BCUT2D eigenvalue weighted by molar-refractivity contribution is 6.31. The third kappa shape index (κ3) is 3.17. The smallest absolute Gasteiger partial charge is 0.340 e. The van der Waals surface area contributed by atoms with Crippen molar-refractivity contribution in [2.75, 3.05) is 6.61 Å². The van der Waals surface area contributed by atoms with Gasteiger partial charge in [-0.05, 0) is 49.4 Å². The topological polar surface area (TPSA) is 39.9 Å². The Morgan fingerprint density at radius 1 is 1.19 bits per heavy atom. The van der Waals surface area contributed by atoms with Gasteiger partial charge < -0.3 is 13.9 Å². The zero-order valence-electron chi connectivity index (χ0n) is 14.6. The van der Waals surface area contributed by atoms with E-state index in [4.69, 9.17) is 21.1 Å². The minimum Gasteiger partial charge on any atom is -0.486 e. The van der Waals surface area contributed by atoms with Crippen LogP contribution in [0.15, 0.2) is 48.5 Å². The summed E-state index contributed by atoms with van der Waals surface area (Å²) >= 11 is 6.67. The summed E-state index contributed by atoms with van der Waals surface area (Å²) in [6, 6.07) is 15.6. The number of ether oxygens (including phenoxy) is 2. The average Bonchev–Trinajstić information content (AvgIpc) is 3.42. The Morgan fingerprint density at radius 2 is 1.96 bits per heavy atom. The molecule has 2 heterocycles. The van der Waals surface area contributed by atoms with Crippen molar-refractivity contribution in [3.8, 4) is 5.75 Å². The molecule has 0 saturated heterocycles. The normalized spacial score (nSPS) is 13.8. The summed E-state index contributed by atoms with van der Waals surface area (Å²) < 4.78 is 13.1. The lowest BCUT2D eigenvalue weighted by atomic mass is 10.2. The van der Waals surface area contributed by atoms with Gasteiger partial charge in [0.05, 0.1) is 17.7 Å². The summed E-state index contributed by atoms with van der Waals surface area (Å²) in [6.45, 7) is 2.60. The Bertz CT molecular complexity index is 945. The molecule has 0 bridgehead atoms. The molecule has 3 aromatic rings. The van der Waals surface area contributed by atoms with Crippen molar-refractivity contribution in [2.24, 2.45) is 0 Å². The largest absolute Gasteiger partial charge is 0.486 e. The predicted octanol–water partition coefficient (Wildman–Crippen LogP) is 5.23. The van der Waals surface area contributed by atoms with Gasteiger partial charge in [0.2, 0.25) is 0 Å². The van der Waals surface area contributed by atoms with Crippen LogP contribution in [0.4, 0.5) is 0 Å². The molecular formula is C21H20ClNO3. The number of carbonyl (C=O) groups is 1. The maximum absolute atomic E-state index is 12.3. The van der Waals surface area contributed by atoms with Crippen molar-refractivity contribution in [2.45, 2.75) is 32.3 Å². The minimum atomic E-state index is -0.314. The Kier molecular flexibility index (Phi) is 4.60. The number of rotatable bonds is 6. The Hall–Kier alpha value is -2.46. The van der Waals surface area contributed by atoms with Gasteiger partial charge in [0, 0.05) is 5.69 Å². The second-order valence-corrected chi connectivity index (χ2v) is 6.82. The molecule has 0 N–H and O–H groups in total. The van der Waals surface area contributed by atoms with Gasteiger partial charge >= 0.3 is 5.97 Å². The Morgan fingerprint density at radius 3 is 2.65 bits per heavy atom. The number of hydrogen-bond acceptors (Lipinski definition) is 3. The Labute approximate surface area is 157 Å². The fraction of sp³-hybridized carbons (Fsp3) is 0.286. The van der Waals surface area contributed by atoms with E-state index in [1.165, 1.54) is 0 Å². The number of esters is 1. The molecule has 4 rings (SSSR count). The van der Waals surface area contributed by atoms with Gasteiger partial charge in [-0.3, -0.25) is 0 Å². The van der Waals surface area contributed by atoms with Crippen LogP contribution in [0.3, 0.4) is 0 Å². The lowest BCUT2D eigenvalue weighted by Gasteiger charge is -2.12. The molecule has 0 spiro atoms. The predicted molar refractivity (Wildman–Crippen MR) is 101 cm³/mol. The van der Waals surface area contributed by atoms with Gasteiger partial charge in [0.15, 0.2) is 10.9 Å². The third-order valence-corrected chi connectivity index (χ3v) is 4.94. The lowest BCUT2D eigenvalue weighted by molar-refractivity contribution is 0.0529. The molecule has 5 heteroatoms. The summed E-state index contributed by atoms with van der Waals surface area (Å²) in [5, 5.41) is 0.496. The quantitative estimate of drug-likeness (QED) is 0.441. The van der Waals surface area contributed by atoms with Crippen LogP contribution in [0, 0.1) is 0 Å². The molecule has 0 atom stereocenters. The number of nitrogens with zero attached hydrogens (tertiary/aromatic N) is 1. The molecule has 0 aliphatic heterocycles. The maximum atomic E-state index is 12.3. The summed E-state index contributed by atoms with van der Waals surface area (Å²) in [7, 11) is 0. The second-order valence-electron chi connectivity index (χ2n) is 6.46. The fourth-order valence-corrected chi connectivity index (χ4v) is 3.46. The molecule has 1 fully saturated rings. The number of pyridine rings is 1. The highest BCUT2D eigenvalue weighted by atomic mass is 35.5. The van der Waals surface area contributed by atoms with Crippen molar-refractivity contribution in [3.05, 3.63) is 70.5 Å². The van der Waals surface area contributed by atoms with Gasteiger partial charge in [0.25, 0.3) is 0 Å². The van der Waals surface area contributed by atoms with Gasteiger partial charge in [0.1, 0.15) is 6.61 Å². The molecular weight excluding hydrogens is 350 g/mol. The van der Waals surface area contributed by atoms with Crippen LogP contribution in [0.25, 0.3) is 5.52 Å². The molecule has 2 aromatic heterocycles. The van der Waals surface area contributed by atoms with Gasteiger partial charge in [-0.1, -0.05) is 41.9 Å². The van der Waals surface area contributed by atoms with Crippen molar-refractivity contribution in [3.63, 3.8) is 0 Å². The number of carbonyl (C=O) groups excluding carboxylic acids is 1. The van der Waals surface area contributed by atoms with E-state index in [1.807, 2.05) is 52.9 Å². The van der Waals surface area contributed by atoms with E-state index in [0.717, 1.165) is 29.6 Å². The summed E-state index contributed by atoms with van der Waals surface area (Å²) in [6.07, 6.45) is 2.22. The standard InChI is InChI=1S/C21H20ClNO3/c1-2-25-21(24)16-12-18(15-8-9-15)23-17(16)10-11-19(20(23)22)26-13-14-6-4-3-5-7-14/h3-7,10-12,15H,2,8-9,13H2,1H3. The first-order chi connectivity index (χ1) is 12.7. The van der Waals surface area contributed by atoms with Crippen molar-refractivity contribution in [1.82, 2.24) is 4.40 Å². The summed E-state index contributed by atoms with van der Waals surface area (Å²) in [5.41, 5.74) is 3.46.